The Morgan fingerprint density at radius 1 is 1.09 bits per heavy atom. The van der Waals surface area contributed by atoms with Gasteiger partial charge in [-0.2, -0.15) is 0 Å². The lowest BCUT2D eigenvalue weighted by Crippen LogP contribution is -2.43. The van der Waals surface area contributed by atoms with Crippen molar-refractivity contribution < 1.29 is 9.53 Å². The Morgan fingerprint density at radius 3 is 2.55 bits per heavy atom. The van der Waals surface area contributed by atoms with E-state index in [0.29, 0.717) is 12.5 Å². The molecule has 1 aromatic rings. The van der Waals surface area contributed by atoms with Gasteiger partial charge in [0.2, 0.25) is 5.91 Å². The van der Waals surface area contributed by atoms with Crippen molar-refractivity contribution in [2.75, 3.05) is 13.1 Å². The van der Waals surface area contributed by atoms with Crippen LogP contribution in [0.15, 0.2) is 42.5 Å². The quantitative estimate of drug-likeness (QED) is 0.796. The molecule has 1 fully saturated rings. The predicted molar refractivity (Wildman–Crippen MR) is 87.3 cm³/mol. The molecule has 2 aliphatic rings. The van der Waals surface area contributed by atoms with Gasteiger partial charge in [0.15, 0.2) is 0 Å². The maximum Gasteiger partial charge on any atom is 0.226 e. The second-order valence-electron chi connectivity index (χ2n) is 6.30. The lowest BCUT2D eigenvalue weighted by atomic mass is 9.92. The van der Waals surface area contributed by atoms with Gasteiger partial charge in [-0.05, 0) is 37.7 Å². The maximum absolute atomic E-state index is 12.5. The lowest BCUT2D eigenvalue weighted by Gasteiger charge is -2.34. The van der Waals surface area contributed by atoms with Crippen molar-refractivity contribution >= 4 is 5.91 Å². The minimum Gasteiger partial charge on any atom is -0.373 e. The molecule has 0 radical (unpaired) electrons. The molecule has 1 aromatic carbocycles. The zero-order valence-corrected chi connectivity index (χ0v) is 13.1. The van der Waals surface area contributed by atoms with Crippen LogP contribution in [0, 0.1) is 5.92 Å². The van der Waals surface area contributed by atoms with E-state index in [4.69, 9.17) is 4.74 Å². The van der Waals surface area contributed by atoms with Crippen LogP contribution in [0.5, 0.6) is 0 Å². The summed E-state index contributed by atoms with van der Waals surface area (Å²) in [5.41, 5.74) is 1.22. The van der Waals surface area contributed by atoms with Gasteiger partial charge < -0.3 is 9.64 Å². The maximum atomic E-state index is 12.5. The monoisotopic (exact) mass is 299 g/mol. The van der Waals surface area contributed by atoms with Crippen molar-refractivity contribution in [3.05, 3.63) is 48.0 Å². The van der Waals surface area contributed by atoms with Gasteiger partial charge in [-0.15, -0.1) is 0 Å². The van der Waals surface area contributed by atoms with Crippen molar-refractivity contribution in [3.8, 4) is 0 Å². The fourth-order valence-corrected chi connectivity index (χ4v) is 3.31. The van der Waals surface area contributed by atoms with Crippen LogP contribution in [0.25, 0.3) is 0 Å². The Hall–Kier alpha value is -1.61. The molecule has 0 saturated carbocycles. The number of rotatable bonds is 4. The fraction of sp³-hybridized carbons (Fsp3) is 0.526. The number of amides is 1. The molecule has 1 unspecified atom stereocenters. The van der Waals surface area contributed by atoms with Gasteiger partial charge in [0.25, 0.3) is 0 Å². The SMILES string of the molecule is O=C(C1CC=CCC1)N1CCC(OCc2ccccc2)CC1. The fourth-order valence-electron chi connectivity index (χ4n) is 3.31. The van der Waals surface area contributed by atoms with Crippen molar-refractivity contribution in [1.82, 2.24) is 4.90 Å². The first kappa shape index (κ1) is 15.3. The molecule has 3 nitrogen and oxygen atoms in total. The van der Waals surface area contributed by atoms with Gasteiger partial charge in [0, 0.05) is 19.0 Å². The highest BCUT2D eigenvalue weighted by molar-refractivity contribution is 5.79. The Morgan fingerprint density at radius 2 is 1.86 bits per heavy atom. The Kier molecular flexibility index (Phi) is 5.28. The summed E-state index contributed by atoms with van der Waals surface area (Å²) in [7, 11) is 0. The van der Waals surface area contributed by atoms with E-state index in [1.807, 2.05) is 23.1 Å². The van der Waals surface area contributed by atoms with Crippen molar-refractivity contribution in [2.24, 2.45) is 5.92 Å². The molecule has 3 rings (SSSR count). The third kappa shape index (κ3) is 3.98. The molecule has 1 aliphatic carbocycles. The van der Waals surface area contributed by atoms with Gasteiger partial charge in [-0.3, -0.25) is 4.79 Å². The number of carbonyl (C=O) groups is 1. The summed E-state index contributed by atoms with van der Waals surface area (Å²) in [5.74, 6) is 0.567. The van der Waals surface area contributed by atoms with Crippen LogP contribution < -0.4 is 0 Å². The van der Waals surface area contributed by atoms with Gasteiger partial charge >= 0.3 is 0 Å². The zero-order chi connectivity index (χ0) is 15.2. The summed E-state index contributed by atoms with van der Waals surface area (Å²) in [5, 5.41) is 0. The van der Waals surface area contributed by atoms with Crippen LogP contribution in [0.4, 0.5) is 0 Å². The van der Waals surface area contributed by atoms with Crippen LogP contribution in [0.2, 0.25) is 0 Å². The molecule has 0 aromatic heterocycles. The molecule has 1 aliphatic heterocycles. The topological polar surface area (TPSA) is 29.5 Å². The largest absolute Gasteiger partial charge is 0.373 e. The van der Waals surface area contributed by atoms with E-state index in [-0.39, 0.29) is 12.0 Å². The van der Waals surface area contributed by atoms with Gasteiger partial charge in [-0.1, -0.05) is 42.5 Å². The highest BCUT2D eigenvalue weighted by atomic mass is 16.5. The second-order valence-corrected chi connectivity index (χ2v) is 6.30. The Labute approximate surface area is 133 Å². The normalized spacial score (nSPS) is 22.7. The van der Waals surface area contributed by atoms with Crippen molar-refractivity contribution in [2.45, 2.75) is 44.8 Å². The van der Waals surface area contributed by atoms with Gasteiger partial charge in [0.05, 0.1) is 12.7 Å². The standard InChI is InChI=1S/C19H25NO2/c21-19(17-9-5-2-6-10-17)20-13-11-18(12-14-20)22-15-16-7-3-1-4-8-16/h1-5,7-8,17-18H,6,9-15H2. The van der Waals surface area contributed by atoms with E-state index in [2.05, 4.69) is 24.3 Å². The zero-order valence-electron chi connectivity index (χ0n) is 13.1. The van der Waals surface area contributed by atoms with Crippen LogP contribution in [0.1, 0.15) is 37.7 Å². The molecule has 0 bridgehead atoms. The number of likely N-dealkylation sites (tertiary alicyclic amines) is 1. The van der Waals surface area contributed by atoms with E-state index >= 15 is 0 Å². The van der Waals surface area contributed by atoms with Crippen molar-refractivity contribution in [1.29, 1.82) is 0 Å². The number of carbonyl (C=O) groups excluding carboxylic acids is 1. The van der Waals surface area contributed by atoms with Crippen molar-refractivity contribution in [3.63, 3.8) is 0 Å². The highest BCUT2D eigenvalue weighted by Gasteiger charge is 2.28. The molecule has 1 saturated heterocycles. The summed E-state index contributed by atoms with van der Waals surface area (Å²) in [6.45, 7) is 2.36. The number of hydrogen-bond acceptors (Lipinski definition) is 2. The molecule has 3 heteroatoms. The number of benzene rings is 1. The second kappa shape index (κ2) is 7.59. The number of piperidine rings is 1. The molecular weight excluding hydrogens is 274 g/mol. The molecule has 0 N–H and O–H groups in total. The Balaban J connectivity index is 1.42. The first-order chi connectivity index (χ1) is 10.8. The predicted octanol–water partition coefficient (Wildman–Crippen LogP) is 3.55. The summed E-state index contributed by atoms with van der Waals surface area (Å²) in [6.07, 6.45) is 9.53. The molecule has 1 amide bonds. The summed E-state index contributed by atoms with van der Waals surface area (Å²) in [4.78, 5) is 14.5. The summed E-state index contributed by atoms with van der Waals surface area (Å²) in [6, 6.07) is 10.3. The molecule has 1 atom stereocenters. The average molecular weight is 299 g/mol. The number of nitrogens with zero attached hydrogens (tertiary/aromatic N) is 1. The van der Waals surface area contributed by atoms with Gasteiger partial charge in [-0.25, -0.2) is 0 Å². The van der Waals surface area contributed by atoms with Crippen LogP contribution in [0.3, 0.4) is 0 Å². The molecule has 1 heterocycles. The number of ether oxygens (including phenoxy) is 1. The first-order valence-corrected chi connectivity index (χ1v) is 8.42. The first-order valence-electron chi connectivity index (χ1n) is 8.42. The number of allylic oxidation sites excluding steroid dienone is 2. The van der Waals surface area contributed by atoms with E-state index < -0.39 is 0 Å². The highest BCUT2D eigenvalue weighted by Crippen LogP contribution is 2.23. The summed E-state index contributed by atoms with van der Waals surface area (Å²) >= 11 is 0. The van der Waals surface area contributed by atoms with Crippen LogP contribution in [-0.4, -0.2) is 30.0 Å². The summed E-state index contributed by atoms with van der Waals surface area (Å²) < 4.78 is 5.99. The molecule has 22 heavy (non-hydrogen) atoms. The molecule has 0 spiro atoms. The third-order valence-corrected chi connectivity index (χ3v) is 4.70. The lowest BCUT2D eigenvalue weighted by molar-refractivity contribution is -0.138. The minimum atomic E-state index is 0.215. The Bertz CT molecular complexity index is 503. The average Bonchev–Trinajstić information content (AvgIpc) is 2.61. The number of hydrogen-bond donors (Lipinski definition) is 0. The third-order valence-electron chi connectivity index (χ3n) is 4.70. The smallest absolute Gasteiger partial charge is 0.226 e. The van der Waals surface area contributed by atoms with E-state index in [0.717, 1.165) is 45.2 Å². The van der Waals surface area contributed by atoms with E-state index in [9.17, 15) is 4.79 Å². The van der Waals surface area contributed by atoms with Crippen LogP contribution in [-0.2, 0) is 16.1 Å². The molecular formula is C19H25NO2. The minimum absolute atomic E-state index is 0.215. The van der Waals surface area contributed by atoms with Gasteiger partial charge in [0.1, 0.15) is 0 Å². The molecule has 118 valence electrons. The van der Waals surface area contributed by atoms with E-state index in [1.54, 1.807) is 0 Å². The van der Waals surface area contributed by atoms with Crippen LogP contribution >= 0.6 is 0 Å². The van der Waals surface area contributed by atoms with E-state index in [1.165, 1.54) is 5.56 Å².